The van der Waals surface area contributed by atoms with E-state index in [1.165, 1.54) is 24.3 Å². The summed E-state index contributed by atoms with van der Waals surface area (Å²) in [5.74, 6) is -5.31. The lowest BCUT2D eigenvalue weighted by Gasteiger charge is -2.23. The molecule has 0 spiro atoms. The lowest BCUT2D eigenvalue weighted by atomic mass is 10.1. The van der Waals surface area contributed by atoms with E-state index in [2.05, 4.69) is 0 Å². The maximum absolute atomic E-state index is 13.2. The summed E-state index contributed by atoms with van der Waals surface area (Å²) in [5, 5.41) is 9.62. The van der Waals surface area contributed by atoms with Gasteiger partial charge in [-0.2, -0.15) is 22.0 Å². The number of aliphatic carboxylic acids is 1. The Kier molecular flexibility index (Phi) is 12.2. The molecule has 0 aromatic heterocycles. The molecule has 0 radical (unpaired) electrons. The number of nitrogens with zero attached hydrogens (tertiary/aromatic N) is 1. The van der Waals surface area contributed by atoms with E-state index in [-0.39, 0.29) is 44.9 Å². The smallest absolute Gasteiger partial charge is 0.453 e. The van der Waals surface area contributed by atoms with E-state index < -0.39 is 43.1 Å². The maximum Gasteiger partial charge on any atom is 0.453 e. The van der Waals surface area contributed by atoms with Crippen molar-refractivity contribution < 1.29 is 50.9 Å². The fourth-order valence-corrected chi connectivity index (χ4v) is 3.51. The number of rotatable bonds is 15. The van der Waals surface area contributed by atoms with Gasteiger partial charge in [0.15, 0.2) is 6.10 Å². The van der Waals surface area contributed by atoms with Gasteiger partial charge in [0.1, 0.15) is 18.1 Å². The number of carboxylic acid groups (broad SMARTS) is 1. The number of unbranched alkanes of at least 4 members (excludes halogenated alkanes) is 1. The highest BCUT2D eigenvalue weighted by atomic mass is 35.5. The third-order valence-electron chi connectivity index (χ3n) is 5.48. The van der Waals surface area contributed by atoms with Crippen molar-refractivity contribution in [2.45, 2.75) is 50.8 Å². The first-order valence-corrected chi connectivity index (χ1v) is 12.4. The van der Waals surface area contributed by atoms with Gasteiger partial charge in [-0.25, -0.2) is 9.59 Å². The summed E-state index contributed by atoms with van der Waals surface area (Å²) < 4.78 is 79.7. The summed E-state index contributed by atoms with van der Waals surface area (Å²) in [6.45, 7) is 1.72. The molecule has 0 aliphatic carbocycles. The lowest BCUT2D eigenvalue weighted by Crippen LogP contribution is -2.38. The molecular weight excluding hydrogens is 553 g/mol. The summed E-state index contributed by atoms with van der Waals surface area (Å²) >= 11 is 5.81. The minimum atomic E-state index is -5.64. The number of carbonyl (C=O) groups excluding carboxylic acids is 1. The van der Waals surface area contributed by atoms with Crippen LogP contribution in [-0.2, 0) is 16.0 Å². The SMILES string of the molecule is CCOC(Cc1ccc(OCCN(CCCCC(F)(F)C(F)(F)F)C(=O)Oc2ccc(Cl)cc2)cc1)C(=O)O. The van der Waals surface area contributed by atoms with Crippen LogP contribution in [0.1, 0.15) is 31.7 Å². The van der Waals surface area contributed by atoms with E-state index in [0.717, 1.165) is 4.90 Å². The molecule has 1 unspecified atom stereocenters. The fraction of sp³-hybridized carbons (Fsp3) is 0.462. The number of hydrogen-bond donors (Lipinski definition) is 1. The summed E-state index contributed by atoms with van der Waals surface area (Å²) in [6.07, 6.45) is -9.31. The number of carboxylic acids is 1. The fourth-order valence-electron chi connectivity index (χ4n) is 3.38. The summed E-state index contributed by atoms with van der Waals surface area (Å²) in [4.78, 5) is 25.1. The van der Waals surface area contributed by atoms with Crippen molar-refractivity contribution in [3.8, 4) is 11.5 Å². The molecular formula is C26H29ClF5NO6. The van der Waals surface area contributed by atoms with Crippen LogP contribution >= 0.6 is 11.6 Å². The topological polar surface area (TPSA) is 85.3 Å². The molecule has 216 valence electrons. The van der Waals surface area contributed by atoms with E-state index in [1.807, 2.05) is 0 Å². The van der Waals surface area contributed by atoms with Gasteiger partial charge in [-0.05, 0) is 61.7 Å². The molecule has 0 fully saturated rings. The van der Waals surface area contributed by atoms with E-state index in [9.17, 15) is 36.6 Å². The molecule has 1 N–H and O–H groups in total. The maximum atomic E-state index is 13.2. The quantitative estimate of drug-likeness (QED) is 0.188. The van der Waals surface area contributed by atoms with Gasteiger partial charge in [0.05, 0.1) is 6.54 Å². The molecule has 0 heterocycles. The van der Waals surface area contributed by atoms with E-state index in [0.29, 0.717) is 16.3 Å². The molecule has 0 bridgehead atoms. The van der Waals surface area contributed by atoms with Crippen LogP contribution in [0.5, 0.6) is 11.5 Å². The van der Waals surface area contributed by atoms with Crippen molar-refractivity contribution in [2.75, 3.05) is 26.3 Å². The molecule has 0 saturated carbocycles. The Morgan fingerprint density at radius 2 is 1.56 bits per heavy atom. The van der Waals surface area contributed by atoms with Crippen molar-refractivity contribution in [3.05, 3.63) is 59.1 Å². The molecule has 0 aliphatic rings. The monoisotopic (exact) mass is 581 g/mol. The van der Waals surface area contributed by atoms with E-state index >= 15 is 0 Å². The Morgan fingerprint density at radius 1 is 0.949 bits per heavy atom. The van der Waals surface area contributed by atoms with Crippen LogP contribution in [0.25, 0.3) is 0 Å². The summed E-state index contributed by atoms with van der Waals surface area (Å²) in [7, 11) is 0. The highest BCUT2D eigenvalue weighted by Crippen LogP contribution is 2.39. The first kappa shape index (κ1) is 32.1. The van der Waals surface area contributed by atoms with Gasteiger partial charge in [-0.3, -0.25) is 0 Å². The van der Waals surface area contributed by atoms with Gasteiger partial charge in [-0.1, -0.05) is 23.7 Å². The number of ether oxygens (including phenoxy) is 3. The number of amides is 1. The van der Waals surface area contributed by atoms with Gasteiger partial charge in [0, 0.05) is 31.0 Å². The number of benzene rings is 2. The zero-order valence-corrected chi connectivity index (χ0v) is 21.8. The predicted molar refractivity (Wildman–Crippen MR) is 133 cm³/mol. The second-order valence-electron chi connectivity index (χ2n) is 8.45. The minimum absolute atomic E-state index is 0.0372. The number of halogens is 6. The van der Waals surface area contributed by atoms with Gasteiger partial charge in [0.25, 0.3) is 0 Å². The van der Waals surface area contributed by atoms with Crippen LogP contribution < -0.4 is 9.47 Å². The van der Waals surface area contributed by atoms with Crippen molar-refractivity contribution >= 4 is 23.7 Å². The Bertz CT molecular complexity index is 1050. The van der Waals surface area contributed by atoms with E-state index in [4.69, 9.17) is 25.8 Å². The van der Waals surface area contributed by atoms with Crippen molar-refractivity contribution in [1.82, 2.24) is 4.90 Å². The second-order valence-corrected chi connectivity index (χ2v) is 8.88. The summed E-state index contributed by atoms with van der Waals surface area (Å²) in [5.41, 5.74) is 0.701. The molecule has 13 heteroatoms. The Balaban J connectivity index is 1.95. The summed E-state index contributed by atoms with van der Waals surface area (Å²) in [6, 6.07) is 12.4. The molecule has 2 aromatic rings. The zero-order chi connectivity index (χ0) is 29.1. The van der Waals surface area contributed by atoms with Crippen molar-refractivity contribution in [2.24, 2.45) is 0 Å². The van der Waals surface area contributed by atoms with E-state index in [1.54, 1.807) is 31.2 Å². The van der Waals surface area contributed by atoms with Crippen LogP contribution in [0, 0.1) is 0 Å². The number of carbonyl (C=O) groups is 2. The molecule has 0 aliphatic heterocycles. The second kappa shape index (κ2) is 14.9. The third kappa shape index (κ3) is 10.9. The number of hydrogen-bond acceptors (Lipinski definition) is 5. The Morgan fingerprint density at radius 3 is 2.13 bits per heavy atom. The molecule has 0 saturated heterocycles. The first-order chi connectivity index (χ1) is 18.3. The Hall–Kier alpha value is -3.12. The zero-order valence-electron chi connectivity index (χ0n) is 21.1. The van der Waals surface area contributed by atoms with Gasteiger partial charge in [-0.15, -0.1) is 0 Å². The lowest BCUT2D eigenvalue weighted by molar-refractivity contribution is -0.284. The van der Waals surface area contributed by atoms with Crippen LogP contribution in [0.4, 0.5) is 26.7 Å². The third-order valence-corrected chi connectivity index (χ3v) is 5.73. The standard InChI is InChI=1S/C26H29ClF5NO6/c1-2-37-22(23(34)35)17-18-5-9-20(10-6-18)38-16-15-33(14-4-3-13-25(28,29)26(30,31)32)24(36)39-21-11-7-19(27)8-12-21/h5-12,22H,2-4,13-17H2,1H3,(H,34,35). The van der Waals surface area contributed by atoms with Crippen LogP contribution in [0.15, 0.2) is 48.5 Å². The van der Waals surface area contributed by atoms with Crippen LogP contribution in [-0.4, -0.2) is 66.6 Å². The molecule has 2 rings (SSSR count). The van der Waals surface area contributed by atoms with Crippen molar-refractivity contribution in [1.29, 1.82) is 0 Å². The van der Waals surface area contributed by atoms with Crippen molar-refractivity contribution in [3.63, 3.8) is 0 Å². The van der Waals surface area contributed by atoms with Crippen LogP contribution in [0.3, 0.4) is 0 Å². The van der Waals surface area contributed by atoms with Gasteiger partial charge < -0.3 is 24.2 Å². The average Bonchev–Trinajstić information content (AvgIpc) is 2.86. The van der Waals surface area contributed by atoms with Crippen LogP contribution in [0.2, 0.25) is 5.02 Å². The molecule has 39 heavy (non-hydrogen) atoms. The normalized spacial score (nSPS) is 12.6. The predicted octanol–water partition coefficient (Wildman–Crippen LogP) is 6.62. The highest BCUT2D eigenvalue weighted by molar-refractivity contribution is 6.30. The molecule has 2 aromatic carbocycles. The highest BCUT2D eigenvalue weighted by Gasteiger charge is 2.56. The number of alkyl halides is 5. The average molecular weight is 582 g/mol. The molecule has 1 atom stereocenters. The Labute approximate surface area is 227 Å². The first-order valence-electron chi connectivity index (χ1n) is 12.1. The van der Waals surface area contributed by atoms with Gasteiger partial charge in [0.2, 0.25) is 0 Å². The minimum Gasteiger partial charge on any atom is -0.492 e. The largest absolute Gasteiger partial charge is 0.492 e. The molecule has 1 amide bonds. The van der Waals surface area contributed by atoms with Gasteiger partial charge >= 0.3 is 24.2 Å². The molecule has 7 nitrogen and oxygen atoms in total.